The third-order valence-electron chi connectivity index (χ3n) is 5.56. The third kappa shape index (κ3) is 6.43. The number of pyridine rings is 1. The molecule has 1 amide bonds. The zero-order valence-electron chi connectivity index (χ0n) is 19.8. The number of nitrogens with one attached hydrogen (secondary N) is 3. The first-order valence-electron chi connectivity index (χ1n) is 11.6. The second-order valence-electron chi connectivity index (χ2n) is 8.24. The number of anilines is 4. The highest BCUT2D eigenvalue weighted by Gasteiger charge is 2.19. The molecule has 3 N–H and O–H groups in total. The highest BCUT2D eigenvalue weighted by Crippen LogP contribution is 2.23. The summed E-state index contributed by atoms with van der Waals surface area (Å²) in [6, 6.07) is 14.5. The van der Waals surface area contributed by atoms with Crippen molar-refractivity contribution in [1.29, 1.82) is 5.26 Å². The quantitative estimate of drug-likeness (QED) is 0.451. The molecule has 35 heavy (non-hydrogen) atoms. The first-order chi connectivity index (χ1) is 17.0. The predicted molar refractivity (Wildman–Crippen MR) is 133 cm³/mol. The molecule has 0 aliphatic carbocycles. The van der Waals surface area contributed by atoms with Gasteiger partial charge in [0.15, 0.2) is 0 Å². The van der Waals surface area contributed by atoms with Gasteiger partial charge < -0.3 is 25.6 Å². The Bertz CT molecular complexity index is 1200. The minimum absolute atomic E-state index is 0.127. The summed E-state index contributed by atoms with van der Waals surface area (Å²) >= 11 is 0. The topological polar surface area (TPSA) is 128 Å². The molecular formula is C25H28N8O2. The van der Waals surface area contributed by atoms with Crippen molar-refractivity contribution >= 4 is 29.2 Å². The smallest absolute Gasteiger partial charge is 0.256 e. The maximum Gasteiger partial charge on any atom is 0.256 e. The summed E-state index contributed by atoms with van der Waals surface area (Å²) in [4.78, 5) is 28.3. The van der Waals surface area contributed by atoms with E-state index < -0.39 is 0 Å². The van der Waals surface area contributed by atoms with Crippen LogP contribution in [0.25, 0.3) is 0 Å². The lowest BCUT2D eigenvalue weighted by Gasteiger charge is -2.29. The van der Waals surface area contributed by atoms with Gasteiger partial charge in [-0.3, -0.25) is 4.79 Å². The van der Waals surface area contributed by atoms with Gasteiger partial charge in [0.25, 0.3) is 5.91 Å². The summed E-state index contributed by atoms with van der Waals surface area (Å²) in [5.74, 6) is 1.34. The maximum absolute atomic E-state index is 12.6. The molecule has 0 spiro atoms. The lowest BCUT2D eigenvalue weighted by molar-refractivity contribution is 0.0956. The molecule has 1 aliphatic rings. The van der Waals surface area contributed by atoms with Gasteiger partial charge in [-0.1, -0.05) is 6.07 Å². The van der Waals surface area contributed by atoms with Crippen molar-refractivity contribution in [3.63, 3.8) is 0 Å². The van der Waals surface area contributed by atoms with E-state index in [2.05, 4.69) is 48.9 Å². The van der Waals surface area contributed by atoms with E-state index in [0.717, 1.165) is 25.9 Å². The predicted octanol–water partition coefficient (Wildman–Crippen LogP) is 3.45. The van der Waals surface area contributed by atoms with E-state index in [4.69, 9.17) is 10.00 Å². The second kappa shape index (κ2) is 11.3. The Balaban J connectivity index is 1.55. The summed E-state index contributed by atoms with van der Waals surface area (Å²) in [6.07, 6.45) is 3.49. The Morgan fingerprint density at radius 2 is 1.91 bits per heavy atom. The van der Waals surface area contributed by atoms with Gasteiger partial charge >= 0.3 is 0 Å². The molecular weight excluding hydrogens is 444 g/mol. The summed E-state index contributed by atoms with van der Waals surface area (Å²) in [6.45, 7) is 4.31. The summed E-state index contributed by atoms with van der Waals surface area (Å²) in [7, 11) is 2.11. The summed E-state index contributed by atoms with van der Waals surface area (Å²) in [5, 5.41) is 18.0. The Morgan fingerprint density at radius 1 is 1.14 bits per heavy atom. The summed E-state index contributed by atoms with van der Waals surface area (Å²) in [5.41, 5.74) is 1.56. The first-order valence-corrected chi connectivity index (χ1v) is 11.6. The number of nitriles is 1. The van der Waals surface area contributed by atoms with Crippen LogP contribution >= 0.6 is 0 Å². The van der Waals surface area contributed by atoms with Crippen LogP contribution < -0.4 is 20.7 Å². The number of hydrogen-bond acceptors (Lipinski definition) is 9. The van der Waals surface area contributed by atoms with Gasteiger partial charge in [-0.05, 0) is 57.1 Å². The molecule has 0 unspecified atom stereocenters. The number of carbonyl (C=O) groups excluding carboxylic acids is 1. The standard InChI is InChI=1S/C25H28N8O2/c1-3-27-24(34)20-16-28-25(29-18-9-7-17(15-26)8-10-18)32-23(20)31-21-5-4-6-22(30-21)35-19-11-13-33(2)14-12-19/h4-10,16,19H,3,11-14H2,1-2H3,(H,27,34)(H2,28,29,30,31,32). The molecule has 3 aromatic rings. The Labute approximate surface area is 204 Å². The van der Waals surface area contributed by atoms with Gasteiger partial charge in [0.05, 0.1) is 11.6 Å². The number of nitrogens with zero attached hydrogens (tertiary/aromatic N) is 5. The van der Waals surface area contributed by atoms with Gasteiger partial charge in [0.2, 0.25) is 11.8 Å². The molecule has 10 nitrogen and oxygen atoms in total. The van der Waals surface area contributed by atoms with Crippen LogP contribution in [-0.4, -0.2) is 58.5 Å². The van der Waals surface area contributed by atoms with Crippen molar-refractivity contribution in [2.24, 2.45) is 0 Å². The van der Waals surface area contributed by atoms with Crippen LogP contribution in [0.1, 0.15) is 35.7 Å². The van der Waals surface area contributed by atoms with Crippen LogP contribution in [0.3, 0.4) is 0 Å². The van der Waals surface area contributed by atoms with E-state index in [9.17, 15) is 4.79 Å². The number of hydrogen-bond donors (Lipinski definition) is 3. The molecule has 0 saturated carbocycles. The van der Waals surface area contributed by atoms with Crippen molar-refractivity contribution in [3.05, 3.63) is 59.8 Å². The van der Waals surface area contributed by atoms with Crippen LogP contribution in [0, 0.1) is 11.3 Å². The fourth-order valence-corrected chi connectivity index (χ4v) is 3.66. The molecule has 1 fully saturated rings. The van der Waals surface area contributed by atoms with E-state index >= 15 is 0 Å². The average molecular weight is 473 g/mol. The maximum atomic E-state index is 12.6. The third-order valence-corrected chi connectivity index (χ3v) is 5.56. The van der Waals surface area contributed by atoms with Crippen molar-refractivity contribution in [3.8, 4) is 11.9 Å². The molecule has 2 aromatic heterocycles. The van der Waals surface area contributed by atoms with Crippen molar-refractivity contribution < 1.29 is 9.53 Å². The van der Waals surface area contributed by atoms with E-state index in [-0.39, 0.29) is 12.0 Å². The molecule has 4 rings (SSSR count). The van der Waals surface area contributed by atoms with Crippen molar-refractivity contribution in [2.45, 2.75) is 25.9 Å². The molecule has 0 atom stereocenters. The monoisotopic (exact) mass is 472 g/mol. The number of piperidine rings is 1. The van der Waals surface area contributed by atoms with Crippen LogP contribution in [0.2, 0.25) is 0 Å². The lowest BCUT2D eigenvalue weighted by atomic mass is 10.1. The molecule has 180 valence electrons. The molecule has 10 heteroatoms. The van der Waals surface area contributed by atoms with Gasteiger partial charge in [-0.25, -0.2) is 4.98 Å². The van der Waals surface area contributed by atoms with Gasteiger partial charge in [0.1, 0.15) is 23.3 Å². The largest absolute Gasteiger partial charge is 0.474 e. The van der Waals surface area contributed by atoms with E-state index in [1.54, 1.807) is 30.3 Å². The number of aromatic nitrogens is 3. The SMILES string of the molecule is CCNC(=O)c1cnc(Nc2ccc(C#N)cc2)nc1Nc1cccc(OC2CCN(C)CC2)n1. The van der Waals surface area contributed by atoms with Crippen LogP contribution in [0.4, 0.5) is 23.3 Å². The fraction of sp³-hybridized carbons (Fsp3) is 0.320. The first kappa shape index (κ1) is 23.9. The van der Waals surface area contributed by atoms with Gasteiger partial charge in [-0.2, -0.15) is 15.2 Å². The van der Waals surface area contributed by atoms with Crippen molar-refractivity contribution in [2.75, 3.05) is 37.3 Å². The van der Waals surface area contributed by atoms with E-state index in [0.29, 0.717) is 46.8 Å². The molecule has 0 radical (unpaired) electrons. The number of amides is 1. The van der Waals surface area contributed by atoms with E-state index in [1.165, 1.54) is 6.20 Å². The lowest BCUT2D eigenvalue weighted by Crippen LogP contribution is -2.35. The molecule has 1 aromatic carbocycles. The van der Waals surface area contributed by atoms with Crippen LogP contribution in [0.15, 0.2) is 48.7 Å². The number of ether oxygens (including phenoxy) is 1. The zero-order chi connectivity index (χ0) is 24.6. The minimum atomic E-state index is -0.293. The second-order valence-corrected chi connectivity index (χ2v) is 8.24. The van der Waals surface area contributed by atoms with Gasteiger partial charge in [0, 0.05) is 37.6 Å². The van der Waals surface area contributed by atoms with Crippen LogP contribution in [0.5, 0.6) is 5.88 Å². The zero-order valence-corrected chi connectivity index (χ0v) is 19.8. The number of rotatable bonds is 8. The highest BCUT2D eigenvalue weighted by molar-refractivity contribution is 5.99. The Morgan fingerprint density at radius 3 is 2.63 bits per heavy atom. The van der Waals surface area contributed by atoms with Crippen molar-refractivity contribution in [1.82, 2.24) is 25.2 Å². The Hall–Kier alpha value is -4.23. The number of benzene rings is 1. The normalized spacial score (nSPS) is 14.1. The molecule has 1 saturated heterocycles. The minimum Gasteiger partial charge on any atom is -0.474 e. The van der Waals surface area contributed by atoms with Gasteiger partial charge in [-0.15, -0.1) is 0 Å². The van der Waals surface area contributed by atoms with E-state index in [1.807, 2.05) is 19.1 Å². The highest BCUT2D eigenvalue weighted by atomic mass is 16.5. The fourth-order valence-electron chi connectivity index (χ4n) is 3.66. The average Bonchev–Trinajstić information content (AvgIpc) is 2.86. The molecule has 0 bridgehead atoms. The summed E-state index contributed by atoms with van der Waals surface area (Å²) < 4.78 is 6.09. The Kier molecular flexibility index (Phi) is 7.70. The molecule has 1 aliphatic heterocycles. The number of likely N-dealkylation sites (tertiary alicyclic amines) is 1. The molecule has 3 heterocycles. The number of carbonyl (C=O) groups is 1. The van der Waals surface area contributed by atoms with Crippen LogP contribution in [-0.2, 0) is 0 Å².